The van der Waals surface area contributed by atoms with Gasteiger partial charge in [0, 0.05) is 42.6 Å². The van der Waals surface area contributed by atoms with Crippen molar-refractivity contribution in [2.45, 2.75) is 37.6 Å². The van der Waals surface area contributed by atoms with Crippen LogP contribution in [0, 0.1) is 0 Å². The number of thiocarbonyl (C=S) groups is 1. The molecule has 0 unspecified atom stereocenters. The van der Waals surface area contributed by atoms with Gasteiger partial charge in [0.25, 0.3) is 0 Å². The number of aromatic nitrogens is 2. The lowest BCUT2D eigenvalue weighted by Gasteiger charge is -2.29. The van der Waals surface area contributed by atoms with E-state index < -0.39 is 10.0 Å². The molecule has 3 atom stereocenters. The van der Waals surface area contributed by atoms with E-state index in [1.807, 2.05) is 30.3 Å². The molecule has 4 heterocycles. The minimum absolute atomic E-state index is 0.146. The average Bonchev–Trinajstić information content (AvgIpc) is 3.55. The smallest absolute Gasteiger partial charge is 0.229 e. The van der Waals surface area contributed by atoms with E-state index in [2.05, 4.69) is 42.8 Å². The van der Waals surface area contributed by atoms with Crippen molar-refractivity contribution in [2.24, 2.45) is 0 Å². The molecule has 2 saturated heterocycles. The van der Waals surface area contributed by atoms with Crippen molar-refractivity contribution in [1.82, 2.24) is 14.9 Å². The maximum Gasteiger partial charge on any atom is 0.229 e. The van der Waals surface area contributed by atoms with Gasteiger partial charge in [-0.05, 0) is 73.6 Å². The molecule has 2 fully saturated rings. The molecule has 0 radical (unpaired) electrons. The number of anilines is 2. The van der Waals surface area contributed by atoms with Crippen LogP contribution in [0.25, 0.3) is 0 Å². The Labute approximate surface area is 205 Å². The van der Waals surface area contributed by atoms with Gasteiger partial charge in [-0.3, -0.25) is 9.71 Å². The van der Waals surface area contributed by atoms with Gasteiger partial charge in [-0.2, -0.15) is 0 Å². The third kappa shape index (κ3) is 4.79. The molecule has 10 heteroatoms. The molecule has 0 aliphatic carbocycles. The lowest BCUT2D eigenvalue weighted by Crippen LogP contribution is -2.31. The Morgan fingerprint density at radius 1 is 1.18 bits per heavy atom. The lowest BCUT2D eigenvalue weighted by molar-refractivity contribution is 0.0961. The number of nitrogens with one attached hydrogen (secondary N) is 2. The number of hydrogen-bond acceptors (Lipinski definition) is 5. The van der Waals surface area contributed by atoms with Gasteiger partial charge in [-0.25, -0.2) is 8.42 Å². The number of nitrogens with zero attached hydrogens (tertiary/aromatic N) is 3. The van der Waals surface area contributed by atoms with Crippen LogP contribution in [0.5, 0.6) is 0 Å². The fraction of sp³-hybridized carbons (Fsp3) is 0.333. The van der Waals surface area contributed by atoms with Gasteiger partial charge in [0.2, 0.25) is 10.0 Å². The predicted octanol–water partition coefficient (Wildman–Crippen LogP) is 3.61. The molecule has 34 heavy (non-hydrogen) atoms. The molecule has 0 amide bonds. The van der Waals surface area contributed by atoms with E-state index in [0.29, 0.717) is 10.8 Å². The normalized spacial score (nSPS) is 22.7. The number of ether oxygens (including phenoxy) is 1. The zero-order valence-corrected chi connectivity index (χ0v) is 20.4. The van der Waals surface area contributed by atoms with E-state index in [4.69, 9.17) is 17.0 Å². The summed E-state index contributed by atoms with van der Waals surface area (Å²) in [6.07, 6.45) is 7.36. The topological polar surface area (TPSA) is 88.5 Å². The molecule has 3 aromatic rings. The van der Waals surface area contributed by atoms with Crippen molar-refractivity contribution in [3.63, 3.8) is 0 Å². The molecule has 0 bridgehead atoms. The van der Waals surface area contributed by atoms with Gasteiger partial charge in [0.15, 0.2) is 5.11 Å². The molecule has 8 nitrogen and oxygen atoms in total. The molecule has 2 N–H and O–H groups in total. The first-order valence-corrected chi connectivity index (χ1v) is 13.5. The SMILES string of the molecule is CS(=O)(=O)Nc1ccc(N2C(=S)N[C@H](c3ccccn3)[C@@H]2c2cccn2C[C@H]2CCCO2)cc1. The van der Waals surface area contributed by atoms with E-state index in [9.17, 15) is 8.42 Å². The fourth-order valence-electron chi connectivity index (χ4n) is 4.71. The molecule has 2 aromatic heterocycles. The van der Waals surface area contributed by atoms with Crippen molar-refractivity contribution in [3.8, 4) is 0 Å². The number of rotatable bonds is 7. The first-order chi connectivity index (χ1) is 16.4. The summed E-state index contributed by atoms with van der Waals surface area (Å²) in [4.78, 5) is 6.69. The summed E-state index contributed by atoms with van der Waals surface area (Å²) in [7, 11) is -3.35. The first kappa shape index (κ1) is 22.8. The van der Waals surface area contributed by atoms with Crippen molar-refractivity contribution in [3.05, 3.63) is 78.4 Å². The fourth-order valence-corrected chi connectivity index (χ4v) is 5.62. The summed E-state index contributed by atoms with van der Waals surface area (Å²) in [5.74, 6) is 0. The highest BCUT2D eigenvalue weighted by Crippen LogP contribution is 2.42. The molecular formula is C24H27N5O3S2. The Bertz CT molecular complexity index is 1260. The Kier molecular flexibility index (Phi) is 6.28. The zero-order chi connectivity index (χ0) is 23.7. The van der Waals surface area contributed by atoms with E-state index in [1.54, 1.807) is 18.3 Å². The second-order valence-corrected chi connectivity index (χ2v) is 10.8. The third-order valence-electron chi connectivity index (χ3n) is 6.14. The quantitative estimate of drug-likeness (QED) is 0.482. The van der Waals surface area contributed by atoms with Gasteiger partial charge in [-0.1, -0.05) is 6.07 Å². The molecule has 1 aromatic carbocycles. The molecule has 5 rings (SSSR count). The summed E-state index contributed by atoms with van der Waals surface area (Å²) in [6, 6.07) is 17.0. The Morgan fingerprint density at radius 2 is 2.00 bits per heavy atom. The molecule has 2 aliphatic rings. The maximum atomic E-state index is 11.6. The second-order valence-electron chi connectivity index (χ2n) is 8.64. The first-order valence-electron chi connectivity index (χ1n) is 11.2. The van der Waals surface area contributed by atoms with Gasteiger partial charge >= 0.3 is 0 Å². The third-order valence-corrected chi connectivity index (χ3v) is 7.06. The van der Waals surface area contributed by atoms with Crippen LogP contribution < -0.4 is 14.9 Å². The Balaban J connectivity index is 1.53. The minimum Gasteiger partial charge on any atom is -0.376 e. The monoisotopic (exact) mass is 497 g/mol. The van der Waals surface area contributed by atoms with E-state index >= 15 is 0 Å². The van der Waals surface area contributed by atoms with E-state index in [0.717, 1.165) is 49.3 Å². The van der Waals surface area contributed by atoms with Crippen LogP contribution in [-0.2, 0) is 21.3 Å². The summed E-state index contributed by atoms with van der Waals surface area (Å²) >= 11 is 5.80. The molecule has 0 saturated carbocycles. The highest BCUT2D eigenvalue weighted by molar-refractivity contribution is 7.92. The maximum absolute atomic E-state index is 11.6. The number of pyridine rings is 1. The van der Waals surface area contributed by atoms with Crippen LogP contribution in [0.1, 0.15) is 36.3 Å². The summed E-state index contributed by atoms with van der Waals surface area (Å²) in [5.41, 5.74) is 3.38. The zero-order valence-electron chi connectivity index (χ0n) is 18.8. The molecule has 178 valence electrons. The van der Waals surface area contributed by atoms with Crippen LogP contribution >= 0.6 is 12.2 Å². The van der Waals surface area contributed by atoms with Gasteiger partial charge in [0.05, 0.1) is 24.1 Å². The number of hydrogen-bond donors (Lipinski definition) is 2. The van der Waals surface area contributed by atoms with E-state index in [-0.39, 0.29) is 18.2 Å². The van der Waals surface area contributed by atoms with Crippen molar-refractivity contribution < 1.29 is 13.2 Å². The summed E-state index contributed by atoms with van der Waals surface area (Å²) in [5, 5.41) is 4.06. The minimum atomic E-state index is -3.35. The average molecular weight is 498 g/mol. The summed E-state index contributed by atoms with van der Waals surface area (Å²) in [6.45, 7) is 1.60. The van der Waals surface area contributed by atoms with Crippen molar-refractivity contribution >= 4 is 38.7 Å². The second kappa shape index (κ2) is 9.36. The van der Waals surface area contributed by atoms with E-state index in [1.165, 1.54) is 0 Å². The predicted molar refractivity (Wildman–Crippen MR) is 136 cm³/mol. The highest BCUT2D eigenvalue weighted by atomic mass is 32.2. The molecular weight excluding hydrogens is 470 g/mol. The van der Waals surface area contributed by atoms with Crippen molar-refractivity contribution in [2.75, 3.05) is 22.5 Å². The summed E-state index contributed by atoms with van der Waals surface area (Å²) < 4.78 is 33.9. The molecule has 2 aliphatic heterocycles. The van der Waals surface area contributed by atoms with Crippen LogP contribution in [0.2, 0.25) is 0 Å². The van der Waals surface area contributed by atoms with Crippen molar-refractivity contribution in [1.29, 1.82) is 0 Å². The standard InChI is InChI=1S/C24H27N5O3S2/c1-34(30,31)27-17-9-11-18(12-10-17)29-23(22(26-24(29)33)20-7-2-3-13-25-20)21-8-4-14-28(21)16-19-6-5-15-32-19/h2-4,7-14,19,22-23,27H,5-6,15-16H2,1H3,(H,26,33)/t19-,22-,23+/m1/s1. The lowest BCUT2D eigenvalue weighted by atomic mass is 10.0. The Morgan fingerprint density at radius 3 is 2.68 bits per heavy atom. The highest BCUT2D eigenvalue weighted by Gasteiger charge is 2.42. The largest absolute Gasteiger partial charge is 0.376 e. The molecule has 0 spiro atoms. The van der Waals surface area contributed by atoms with Gasteiger partial charge in [-0.15, -0.1) is 0 Å². The van der Waals surface area contributed by atoms with Crippen LogP contribution in [0.15, 0.2) is 67.0 Å². The van der Waals surface area contributed by atoms with Crippen LogP contribution in [0.3, 0.4) is 0 Å². The van der Waals surface area contributed by atoms with Crippen LogP contribution in [-0.4, -0.2) is 42.0 Å². The van der Waals surface area contributed by atoms with Gasteiger partial charge < -0.3 is 19.5 Å². The number of benzene rings is 1. The van der Waals surface area contributed by atoms with Gasteiger partial charge in [0.1, 0.15) is 6.04 Å². The number of sulfonamides is 1. The van der Waals surface area contributed by atoms with Crippen LogP contribution in [0.4, 0.5) is 11.4 Å². The Hall–Kier alpha value is -2.95.